The predicted molar refractivity (Wildman–Crippen MR) is 62.0 cm³/mol. The van der Waals surface area contributed by atoms with Crippen molar-refractivity contribution < 1.29 is 0 Å². The molecule has 0 fully saturated rings. The molecular weight excluding hydrogens is 188 g/mol. The van der Waals surface area contributed by atoms with Crippen molar-refractivity contribution in [2.75, 3.05) is 6.54 Å². The van der Waals surface area contributed by atoms with E-state index in [4.69, 9.17) is 11.3 Å². The number of hydrogen-bond donors (Lipinski definition) is 1. The molecule has 0 atom stereocenters. The average Bonchev–Trinajstić information content (AvgIpc) is 2.29. The van der Waals surface area contributed by atoms with Gasteiger partial charge in [-0.05, 0) is 23.1 Å². The third kappa shape index (κ3) is 4.31. The van der Waals surface area contributed by atoms with E-state index >= 15 is 0 Å². The van der Waals surface area contributed by atoms with Gasteiger partial charge in [-0.1, -0.05) is 41.5 Å². The Labute approximate surface area is 89.0 Å². The zero-order chi connectivity index (χ0) is 10.9. The van der Waals surface area contributed by atoms with Crippen LogP contribution in [0.25, 0.3) is 16.5 Å². The van der Waals surface area contributed by atoms with Gasteiger partial charge in [-0.15, -0.1) is 0 Å². The lowest BCUT2D eigenvalue weighted by molar-refractivity contribution is 0.995. The molecule has 0 bridgehead atoms. The molecule has 0 amide bonds. The van der Waals surface area contributed by atoms with E-state index in [1.165, 1.54) is 0 Å². The predicted octanol–water partition coefficient (Wildman–Crippen LogP) is 2.86. The van der Waals surface area contributed by atoms with Crippen molar-refractivity contribution in [3.63, 3.8) is 0 Å². The van der Waals surface area contributed by atoms with Crippen LogP contribution in [-0.4, -0.2) is 6.54 Å². The summed E-state index contributed by atoms with van der Waals surface area (Å²) in [5.41, 5.74) is 15.8. The molecule has 0 radical (unpaired) electrons. The second-order valence-corrected chi connectivity index (χ2v) is 3.09. The first-order chi connectivity index (χ1) is 7.36. The highest BCUT2D eigenvalue weighted by Crippen LogP contribution is 2.06. The highest BCUT2D eigenvalue weighted by atomic mass is 15.1. The Bertz CT molecular complexity index is 378. The highest BCUT2D eigenvalue weighted by molar-refractivity contribution is 5.50. The number of azide groups is 1. The van der Waals surface area contributed by atoms with E-state index in [0.29, 0.717) is 13.1 Å². The lowest BCUT2D eigenvalue weighted by atomic mass is 10.1. The van der Waals surface area contributed by atoms with Crippen LogP contribution in [0.4, 0.5) is 0 Å². The van der Waals surface area contributed by atoms with Gasteiger partial charge in [0, 0.05) is 18.0 Å². The van der Waals surface area contributed by atoms with Crippen LogP contribution in [0.5, 0.6) is 0 Å². The van der Waals surface area contributed by atoms with Gasteiger partial charge in [0.05, 0.1) is 0 Å². The van der Waals surface area contributed by atoms with E-state index in [2.05, 4.69) is 10.0 Å². The summed E-state index contributed by atoms with van der Waals surface area (Å²) >= 11 is 0. The lowest BCUT2D eigenvalue weighted by Gasteiger charge is -1.97. The topological polar surface area (TPSA) is 74.8 Å². The minimum Gasteiger partial charge on any atom is -0.326 e. The first-order valence-electron chi connectivity index (χ1n) is 4.83. The van der Waals surface area contributed by atoms with Crippen molar-refractivity contribution in [3.8, 4) is 0 Å². The second kappa shape index (κ2) is 6.65. The molecule has 4 heteroatoms. The molecule has 0 heterocycles. The van der Waals surface area contributed by atoms with Crippen LogP contribution in [0, 0.1) is 0 Å². The SMILES string of the molecule is [N-]=[N+]=NCCC=Cc1cccc(CN)c1. The Kier molecular flexibility index (Phi) is 5.01. The normalized spacial score (nSPS) is 10.2. The standard InChI is InChI=1S/C11H14N4/c12-9-11-6-3-5-10(8-11)4-1-2-7-14-15-13/h1,3-6,8H,2,7,9,12H2. The first-order valence-corrected chi connectivity index (χ1v) is 4.83. The molecule has 15 heavy (non-hydrogen) atoms. The fourth-order valence-corrected chi connectivity index (χ4v) is 1.22. The summed E-state index contributed by atoms with van der Waals surface area (Å²) in [6.07, 6.45) is 4.76. The quantitative estimate of drug-likeness (QED) is 0.339. The summed E-state index contributed by atoms with van der Waals surface area (Å²) in [6.45, 7) is 1.06. The molecule has 78 valence electrons. The molecule has 1 rings (SSSR count). The number of benzene rings is 1. The summed E-state index contributed by atoms with van der Waals surface area (Å²) in [4.78, 5) is 2.68. The summed E-state index contributed by atoms with van der Waals surface area (Å²) in [5.74, 6) is 0. The maximum Gasteiger partial charge on any atom is 0.0292 e. The van der Waals surface area contributed by atoms with Gasteiger partial charge in [-0.25, -0.2) is 0 Å². The third-order valence-corrected chi connectivity index (χ3v) is 1.96. The van der Waals surface area contributed by atoms with Crippen molar-refractivity contribution in [1.82, 2.24) is 0 Å². The van der Waals surface area contributed by atoms with Gasteiger partial charge in [-0.3, -0.25) is 0 Å². The molecule has 0 aliphatic heterocycles. The maximum atomic E-state index is 8.07. The van der Waals surface area contributed by atoms with E-state index in [1.807, 2.05) is 36.4 Å². The minimum atomic E-state index is 0.504. The number of hydrogen-bond acceptors (Lipinski definition) is 2. The number of nitrogens with two attached hydrogens (primary N) is 1. The van der Waals surface area contributed by atoms with Crippen LogP contribution in [0.2, 0.25) is 0 Å². The van der Waals surface area contributed by atoms with E-state index in [-0.39, 0.29) is 0 Å². The first kappa shape index (κ1) is 11.3. The van der Waals surface area contributed by atoms with Crippen molar-refractivity contribution in [1.29, 1.82) is 0 Å². The van der Waals surface area contributed by atoms with Crippen molar-refractivity contribution in [2.45, 2.75) is 13.0 Å². The maximum absolute atomic E-state index is 8.07. The van der Waals surface area contributed by atoms with Gasteiger partial charge in [0.1, 0.15) is 0 Å². The number of nitrogens with zero attached hydrogens (tertiary/aromatic N) is 3. The molecule has 0 spiro atoms. The molecular formula is C11H14N4. The van der Waals surface area contributed by atoms with Gasteiger partial charge in [-0.2, -0.15) is 0 Å². The summed E-state index contributed by atoms with van der Waals surface area (Å²) in [6, 6.07) is 8.04. The monoisotopic (exact) mass is 202 g/mol. The number of rotatable bonds is 5. The van der Waals surface area contributed by atoms with E-state index in [1.54, 1.807) is 0 Å². The van der Waals surface area contributed by atoms with Crippen LogP contribution in [0.1, 0.15) is 17.5 Å². The molecule has 0 aromatic heterocycles. The molecule has 1 aromatic rings. The van der Waals surface area contributed by atoms with Gasteiger partial charge < -0.3 is 5.73 Å². The van der Waals surface area contributed by atoms with Crippen molar-refractivity contribution >= 4 is 6.08 Å². The fourth-order valence-electron chi connectivity index (χ4n) is 1.22. The van der Waals surface area contributed by atoms with Crippen LogP contribution in [-0.2, 0) is 6.54 Å². The Morgan fingerprint density at radius 2 is 2.33 bits per heavy atom. The highest BCUT2D eigenvalue weighted by Gasteiger charge is 1.89. The zero-order valence-corrected chi connectivity index (χ0v) is 8.50. The molecule has 0 saturated heterocycles. The Balaban J connectivity index is 2.52. The van der Waals surface area contributed by atoms with Crippen LogP contribution >= 0.6 is 0 Å². The Hall–Kier alpha value is -1.77. The minimum absolute atomic E-state index is 0.504. The molecule has 0 aliphatic carbocycles. The lowest BCUT2D eigenvalue weighted by Crippen LogP contribution is -1.95. The fraction of sp³-hybridized carbons (Fsp3) is 0.273. The molecule has 4 nitrogen and oxygen atoms in total. The van der Waals surface area contributed by atoms with E-state index in [0.717, 1.165) is 17.5 Å². The third-order valence-electron chi connectivity index (χ3n) is 1.96. The zero-order valence-electron chi connectivity index (χ0n) is 8.50. The molecule has 2 N–H and O–H groups in total. The van der Waals surface area contributed by atoms with Gasteiger partial charge in [0.2, 0.25) is 0 Å². The smallest absolute Gasteiger partial charge is 0.0292 e. The molecule has 1 aromatic carbocycles. The Morgan fingerprint density at radius 3 is 3.07 bits per heavy atom. The Morgan fingerprint density at radius 1 is 1.47 bits per heavy atom. The van der Waals surface area contributed by atoms with Crippen molar-refractivity contribution in [2.24, 2.45) is 10.8 Å². The van der Waals surface area contributed by atoms with E-state index < -0.39 is 0 Å². The molecule has 0 unspecified atom stereocenters. The van der Waals surface area contributed by atoms with Crippen LogP contribution in [0.15, 0.2) is 35.5 Å². The molecule has 0 aliphatic rings. The summed E-state index contributed by atoms with van der Waals surface area (Å²) < 4.78 is 0. The van der Waals surface area contributed by atoms with E-state index in [9.17, 15) is 0 Å². The van der Waals surface area contributed by atoms with Crippen LogP contribution in [0.3, 0.4) is 0 Å². The summed E-state index contributed by atoms with van der Waals surface area (Å²) in [7, 11) is 0. The van der Waals surface area contributed by atoms with Gasteiger partial charge >= 0.3 is 0 Å². The molecule has 0 saturated carbocycles. The largest absolute Gasteiger partial charge is 0.326 e. The van der Waals surface area contributed by atoms with Gasteiger partial charge in [0.25, 0.3) is 0 Å². The van der Waals surface area contributed by atoms with Crippen LogP contribution < -0.4 is 5.73 Å². The average molecular weight is 202 g/mol. The van der Waals surface area contributed by atoms with Crippen molar-refractivity contribution in [3.05, 3.63) is 51.9 Å². The van der Waals surface area contributed by atoms with Gasteiger partial charge in [0.15, 0.2) is 0 Å². The second-order valence-electron chi connectivity index (χ2n) is 3.09. The summed E-state index contributed by atoms with van der Waals surface area (Å²) in [5, 5.41) is 3.45.